The number of aliphatic hydroxyl groups is 1. The maximum atomic E-state index is 14.9. The first-order chi connectivity index (χ1) is 60.7. The summed E-state index contributed by atoms with van der Waals surface area (Å²) in [5.41, 5.74) is 1.42. The highest BCUT2D eigenvalue weighted by Gasteiger charge is 2.31. The molecule has 35 heteroatoms. The number of allylic oxidation sites excluding steroid dienone is 1. The van der Waals surface area contributed by atoms with E-state index in [4.69, 9.17) is 33.2 Å². The summed E-state index contributed by atoms with van der Waals surface area (Å²) < 4.78 is 45.2. The molecular formula is C91H116N16O19. The van der Waals surface area contributed by atoms with Crippen molar-refractivity contribution in [3.63, 3.8) is 0 Å². The fourth-order valence-electron chi connectivity index (χ4n) is 13.9. The molecule has 126 heavy (non-hydrogen) atoms. The van der Waals surface area contributed by atoms with E-state index in [1.54, 1.807) is 107 Å². The van der Waals surface area contributed by atoms with Crippen LogP contribution in [0.1, 0.15) is 93.8 Å². The van der Waals surface area contributed by atoms with Gasteiger partial charge in [-0.05, 0) is 88.1 Å². The number of amides is 8. The van der Waals surface area contributed by atoms with E-state index in [1.807, 2.05) is 87.5 Å². The predicted octanol–water partition coefficient (Wildman–Crippen LogP) is 3.24. The van der Waals surface area contributed by atoms with Crippen LogP contribution >= 0.6 is 0 Å². The molecule has 12 aliphatic heterocycles. The summed E-state index contributed by atoms with van der Waals surface area (Å²) in [6.45, 7) is 15.5. The second-order valence-electron chi connectivity index (χ2n) is 31.2. The monoisotopic (exact) mass is 1740 g/mol. The summed E-state index contributed by atoms with van der Waals surface area (Å²) in [5, 5.41) is 37.9. The molecule has 35 nitrogen and oxygen atoms in total. The Bertz CT molecular complexity index is 5140. The van der Waals surface area contributed by atoms with Crippen LogP contribution in [-0.4, -0.2) is 242 Å². The largest absolute Gasteiger partial charge is 0.486 e. The average Bonchev–Trinajstić information content (AvgIpc) is 0.801. The number of carbonyl (C=O) groups is 8. The molecule has 0 fully saturated rings. The summed E-state index contributed by atoms with van der Waals surface area (Å²) in [6.07, 6.45) is 0.989. The number of aliphatic hydroxyl groups excluding tert-OH is 1. The van der Waals surface area contributed by atoms with Crippen LogP contribution in [0.15, 0.2) is 195 Å². The van der Waals surface area contributed by atoms with Gasteiger partial charge in [0, 0.05) is 147 Å². The summed E-state index contributed by atoms with van der Waals surface area (Å²) >= 11 is 0. The van der Waals surface area contributed by atoms with Gasteiger partial charge in [-0.15, -0.1) is 0 Å². The van der Waals surface area contributed by atoms with Crippen molar-refractivity contribution in [1.29, 1.82) is 0 Å². The second-order valence-corrected chi connectivity index (χ2v) is 31.2. The van der Waals surface area contributed by atoms with Crippen molar-refractivity contribution in [2.24, 2.45) is 0 Å². The Kier molecular flexibility index (Phi) is 36.7. The van der Waals surface area contributed by atoms with E-state index in [0.717, 1.165) is 15.7 Å². The van der Waals surface area contributed by atoms with Crippen molar-refractivity contribution in [1.82, 2.24) is 81.2 Å². The Balaban J connectivity index is 0.935. The first kappa shape index (κ1) is 95.5. The molecule has 3 unspecified atom stereocenters. The van der Waals surface area contributed by atoms with Gasteiger partial charge in [0.25, 0.3) is 34.4 Å². The lowest BCUT2D eigenvalue weighted by molar-refractivity contribution is -0.122. The number of pyridine rings is 3. The molecule has 0 saturated heterocycles. The van der Waals surface area contributed by atoms with Crippen LogP contribution in [0.4, 0.5) is 4.79 Å². The second kappa shape index (κ2) is 48.5. The minimum Gasteiger partial charge on any atom is -0.486 e. The Labute approximate surface area is 731 Å². The molecule has 12 aliphatic rings. The first-order valence-electron chi connectivity index (χ1n) is 42.2. The van der Waals surface area contributed by atoms with Gasteiger partial charge in [-0.1, -0.05) is 128 Å². The van der Waals surface area contributed by atoms with Crippen LogP contribution < -0.4 is 78.7 Å². The normalized spacial score (nSPS) is 16.9. The van der Waals surface area contributed by atoms with Crippen molar-refractivity contribution >= 4 is 47.4 Å². The number of alkyl carbamates (subject to hydrolysis) is 1. The highest BCUT2D eigenvalue weighted by Crippen LogP contribution is 2.31. The van der Waals surface area contributed by atoms with Crippen molar-refractivity contribution in [2.75, 3.05) is 151 Å². The third-order valence-corrected chi connectivity index (χ3v) is 20.6. The van der Waals surface area contributed by atoms with E-state index in [-0.39, 0.29) is 234 Å². The van der Waals surface area contributed by atoms with Crippen LogP contribution in [0.25, 0.3) is 0 Å². The van der Waals surface area contributed by atoms with Gasteiger partial charge in [-0.3, -0.25) is 68.0 Å². The van der Waals surface area contributed by atoms with Gasteiger partial charge < -0.3 is 99.4 Å². The van der Waals surface area contributed by atoms with Crippen LogP contribution in [0.5, 0.6) is 17.2 Å². The fourth-order valence-corrected chi connectivity index (χ4v) is 13.9. The molecule has 0 radical (unpaired) electrons. The van der Waals surface area contributed by atoms with E-state index in [2.05, 4.69) is 54.4 Å². The highest BCUT2D eigenvalue weighted by molar-refractivity contribution is 5.99. The number of rotatable bonds is 28. The lowest BCUT2D eigenvalue weighted by Crippen LogP contribution is -2.47. The van der Waals surface area contributed by atoms with E-state index >= 15 is 0 Å². The minimum atomic E-state index is -1.41. The smallest absolute Gasteiger partial charge is 0.407 e. The van der Waals surface area contributed by atoms with Gasteiger partial charge in [0.05, 0.1) is 48.8 Å². The third-order valence-electron chi connectivity index (χ3n) is 20.6. The topological polar surface area (TPSA) is 409 Å². The van der Waals surface area contributed by atoms with Crippen molar-refractivity contribution in [3.8, 4) is 17.2 Å². The van der Waals surface area contributed by atoms with Crippen molar-refractivity contribution in [2.45, 2.75) is 99.4 Å². The zero-order valence-corrected chi connectivity index (χ0v) is 72.4. The molecule has 15 heterocycles. The van der Waals surface area contributed by atoms with Gasteiger partial charge in [-0.2, -0.15) is 0 Å². The summed E-state index contributed by atoms with van der Waals surface area (Å²) in [4.78, 5) is 164. The number of hydrogen-bond acceptors (Lipinski definition) is 24. The zero-order valence-electron chi connectivity index (χ0n) is 72.4. The number of aryl methyl sites for hydroxylation is 2. The van der Waals surface area contributed by atoms with E-state index in [0.29, 0.717) is 22.5 Å². The molecule has 0 saturated carbocycles. The quantitative estimate of drug-likeness (QED) is 0.0248. The number of nitrogens with zero attached hydrogens (tertiary/aromatic N) is 7. The number of ether oxygens (including phenoxy) is 7. The Morgan fingerprint density at radius 3 is 1.54 bits per heavy atom. The third kappa shape index (κ3) is 29.7. The van der Waals surface area contributed by atoms with Gasteiger partial charge in [-0.25, -0.2) is 4.79 Å². The summed E-state index contributed by atoms with van der Waals surface area (Å²) in [7, 11) is 0. The zero-order chi connectivity index (χ0) is 89.9. The molecule has 8 bridgehead atoms. The molecule has 0 spiro atoms. The van der Waals surface area contributed by atoms with Crippen molar-refractivity contribution < 1.29 is 76.6 Å². The lowest BCUT2D eigenvalue weighted by atomic mass is 10.0. The Hall–Kier alpha value is -12.8. The molecule has 4 aromatic carbocycles. The van der Waals surface area contributed by atoms with E-state index in [1.165, 1.54) is 27.5 Å². The molecule has 3 atom stereocenters. The van der Waals surface area contributed by atoms with Crippen LogP contribution in [0, 0.1) is 13.8 Å². The van der Waals surface area contributed by atoms with Gasteiger partial charge >= 0.3 is 6.09 Å². The molecule has 0 aliphatic carbocycles. The maximum absolute atomic E-state index is 14.9. The average molecular weight is 1740 g/mol. The van der Waals surface area contributed by atoms with Crippen LogP contribution in [0.2, 0.25) is 0 Å². The first-order valence-corrected chi connectivity index (χ1v) is 42.2. The van der Waals surface area contributed by atoms with Crippen molar-refractivity contribution in [3.05, 3.63) is 262 Å². The Morgan fingerprint density at radius 1 is 0.492 bits per heavy atom. The lowest BCUT2D eigenvalue weighted by Gasteiger charge is -2.33. The van der Waals surface area contributed by atoms with Crippen LogP contribution in [0.3, 0.4) is 0 Å². The van der Waals surface area contributed by atoms with Crippen LogP contribution in [-0.2, 0) is 89.0 Å². The SMILES string of the molecule is C=C1C(OCc2ccccc2)=C2C=C(C)N1CC(=O)NCCN1CCNC(=O)Cn3ccc(c(OCc4ccccc4)c3=O)C(=O)NCCN(CCNC2=O)CCNC(=O)c2cc(C)n(c(=O)c2OCc2ccccc2)CC(=O)NCCN(CCNC(=O)Cn2c(C)cc(C(O)NCCOCCOCCNC(=O)OC(C)(C)C)c(OCc3ccccc3)c2=O)CC1. The standard InChI is InChI=1S/C91H116N16O19/c1-63-52-72-79(122-59-67-20-12-8-13-21-67)66(4)105(63)56-76(109)93-30-40-102-39-29-92-75(108)55-104-38-28-71(80(87(104)116)123-60-68-22-14-9-15-23-68)83(112)96-33-43-101(44-34-97-84(72)113)45-35-98-85(114)73-53-64(2)106(88(117)81(73)124-61-69-24-16-10-17-25-69)57-77(110)94-31-41-103(47-46-102)42-32-95-78(111)58-107-65(3)54-74(82(89(107)118)125-62-70-26-18-11-19-27-70)86(115)99-36-48-120-50-51-121-49-37-100-90(119)126-91(5,6)7/h8-28,38,52-54,86,99,115H,4,29-37,39-51,55-62H2,1-3,5-7H3,(H,92,108)(H,93,109)(H,94,110)(H,95,111)(H,96,112)(H,97,113)(H,98,114)(H,100,119). The molecular weight excluding hydrogens is 1620 g/mol. The number of hydrogen-bond donors (Lipinski definition) is 10. The number of carbonyl (C=O) groups excluding carboxylic acids is 8. The molecule has 10 N–H and O–H groups in total. The number of aromatic nitrogens is 3. The van der Waals surface area contributed by atoms with Gasteiger partial charge in [0.2, 0.25) is 23.6 Å². The summed E-state index contributed by atoms with van der Waals surface area (Å²) in [6, 6.07) is 40.9. The number of nitrogens with one attached hydrogen (secondary N) is 9. The molecule has 19 rings (SSSR count). The van der Waals surface area contributed by atoms with E-state index in [9.17, 15) is 57.8 Å². The molecule has 3 aromatic heterocycles. The highest BCUT2D eigenvalue weighted by atomic mass is 16.6. The molecule has 8 amide bonds. The van der Waals surface area contributed by atoms with E-state index < -0.39 is 95.6 Å². The maximum Gasteiger partial charge on any atom is 0.407 e. The fraction of sp³-hybridized carbons (Fsp3) is 0.418. The van der Waals surface area contributed by atoms with Gasteiger partial charge in [0.1, 0.15) is 64.4 Å². The molecule has 674 valence electrons. The summed E-state index contributed by atoms with van der Waals surface area (Å²) in [5.74, 6) is -4.68. The molecule has 7 aromatic rings. The Morgan fingerprint density at radius 2 is 0.976 bits per heavy atom. The predicted molar refractivity (Wildman–Crippen MR) is 470 cm³/mol. The number of benzene rings is 4. The van der Waals surface area contributed by atoms with Gasteiger partial charge in [0.15, 0.2) is 23.0 Å². The minimum absolute atomic E-state index is 0.00283.